The largest absolute Gasteiger partial charge is 0.488 e. The normalized spacial score (nSPS) is 10.4. The van der Waals surface area contributed by atoms with E-state index in [1.165, 1.54) is 0 Å². The van der Waals surface area contributed by atoms with E-state index in [0.717, 1.165) is 27.7 Å². The number of amides is 1. The van der Waals surface area contributed by atoms with Crippen LogP contribution in [0.3, 0.4) is 0 Å². The Bertz CT molecular complexity index is 894. The van der Waals surface area contributed by atoms with Gasteiger partial charge in [0.05, 0.1) is 5.56 Å². The van der Waals surface area contributed by atoms with E-state index in [4.69, 9.17) is 4.74 Å². The van der Waals surface area contributed by atoms with Crippen LogP contribution in [-0.4, -0.2) is 5.91 Å². The van der Waals surface area contributed by atoms with Crippen molar-refractivity contribution in [1.82, 2.24) is 0 Å². The molecule has 0 saturated carbocycles. The Balaban J connectivity index is 1.81. The van der Waals surface area contributed by atoms with Gasteiger partial charge in [-0.05, 0) is 41.8 Å². The molecule has 4 heteroatoms. The molecule has 3 aromatic carbocycles. The molecule has 0 spiro atoms. The van der Waals surface area contributed by atoms with Crippen molar-refractivity contribution in [1.29, 1.82) is 0 Å². The number of hydrogen-bond donors (Lipinski definition) is 1. The number of aryl methyl sites for hydroxylation is 1. The van der Waals surface area contributed by atoms with Crippen molar-refractivity contribution in [3.05, 3.63) is 94.0 Å². The summed E-state index contributed by atoms with van der Waals surface area (Å²) >= 11 is 3.44. The zero-order chi connectivity index (χ0) is 18.4. The average molecular weight is 410 g/mol. The monoisotopic (exact) mass is 409 g/mol. The number of para-hydroxylation sites is 1. The van der Waals surface area contributed by atoms with Crippen LogP contribution in [0.4, 0.5) is 5.69 Å². The molecular weight excluding hydrogens is 390 g/mol. The summed E-state index contributed by atoms with van der Waals surface area (Å²) in [7, 11) is 0. The van der Waals surface area contributed by atoms with Crippen LogP contribution in [0.1, 0.15) is 28.4 Å². The first-order valence-electron chi connectivity index (χ1n) is 8.53. The van der Waals surface area contributed by atoms with Gasteiger partial charge < -0.3 is 10.1 Å². The Morgan fingerprint density at radius 2 is 1.73 bits per heavy atom. The van der Waals surface area contributed by atoms with E-state index in [-0.39, 0.29) is 5.91 Å². The lowest BCUT2D eigenvalue weighted by molar-refractivity contribution is 0.102. The van der Waals surface area contributed by atoms with Gasteiger partial charge in [-0.15, -0.1) is 0 Å². The molecule has 0 saturated heterocycles. The number of ether oxygens (including phenoxy) is 1. The molecular formula is C22H20BrNO2. The molecule has 0 unspecified atom stereocenters. The molecule has 0 radical (unpaired) electrons. The maximum Gasteiger partial charge on any atom is 0.259 e. The van der Waals surface area contributed by atoms with E-state index in [2.05, 4.69) is 28.2 Å². The summed E-state index contributed by atoms with van der Waals surface area (Å²) in [6.07, 6.45) is 0.853. The number of hydrogen-bond acceptors (Lipinski definition) is 2. The van der Waals surface area contributed by atoms with Crippen molar-refractivity contribution in [3.8, 4) is 5.75 Å². The van der Waals surface area contributed by atoms with Gasteiger partial charge in [0.15, 0.2) is 0 Å². The van der Waals surface area contributed by atoms with E-state index in [0.29, 0.717) is 17.9 Å². The van der Waals surface area contributed by atoms with Gasteiger partial charge in [-0.2, -0.15) is 0 Å². The first-order valence-corrected chi connectivity index (χ1v) is 9.32. The smallest absolute Gasteiger partial charge is 0.259 e. The molecule has 3 rings (SSSR count). The predicted octanol–water partition coefficient (Wildman–Crippen LogP) is 5.84. The van der Waals surface area contributed by atoms with Crippen LogP contribution in [0.5, 0.6) is 5.75 Å². The molecule has 0 aliphatic heterocycles. The maximum absolute atomic E-state index is 12.9. The van der Waals surface area contributed by atoms with E-state index in [9.17, 15) is 4.79 Å². The molecule has 0 fully saturated rings. The van der Waals surface area contributed by atoms with Gasteiger partial charge in [0.2, 0.25) is 0 Å². The van der Waals surface area contributed by atoms with E-state index >= 15 is 0 Å². The van der Waals surface area contributed by atoms with Crippen molar-refractivity contribution in [3.63, 3.8) is 0 Å². The third-order valence-corrected chi connectivity index (χ3v) is 4.56. The highest BCUT2D eigenvalue weighted by Crippen LogP contribution is 2.26. The summed E-state index contributed by atoms with van der Waals surface area (Å²) in [5, 5.41) is 3.00. The molecule has 26 heavy (non-hydrogen) atoms. The van der Waals surface area contributed by atoms with Gasteiger partial charge in [0.25, 0.3) is 5.91 Å². The van der Waals surface area contributed by atoms with Crippen molar-refractivity contribution in [2.24, 2.45) is 0 Å². The molecule has 0 aromatic heterocycles. The second-order valence-electron chi connectivity index (χ2n) is 5.88. The molecule has 1 N–H and O–H groups in total. The molecule has 1 amide bonds. The highest BCUT2D eigenvalue weighted by atomic mass is 79.9. The van der Waals surface area contributed by atoms with Gasteiger partial charge in [-0.25, -0.2) is 0 Å². The number of rotatable bonds is 6. The first-order chi connectivity index (χ1) is 12.7. The van der Waals surface area contributed by atoms with Gasteiger partial charge in [-0.1, -0.05) is 71.4 Å². The minimum atomic E-state index is -0.185. The zero-order valence-corrected chi connectivity index (χ0v) is 16.1. The Labute approximate surface area is 162 Å². The van der Waals surface area contributed by atoms with Crippen LogP contribution >= 0.6 is 15.9 Å². The summed E-state index contributed by atoms with van der Waals surface area (Å²) in [4.78, 5) is 12.9. The standard InChI is InChI=1S/C22H20BrNO2/c1-2-17-10-6-7-11-20(17)24-22(25)19-14-18(23)12-13-21(19)26-15-16-8-4-3-5-9-16/h3-14H,2,15H2,1H3,(H,24,25). The summed E-state index contributed by atoms with van der Waals surface area (Å²) in [5.74, 6) is 0.374. The lowest BCUT2D eigenvalue weighted by Gasteiger charge is -2.14. The van der Waals surface area contributed by atoms with E-state index < -0.39 is 0 Å². The quantitative estimate of drug-likeness (QED) is 0.554. The van der Waals surface area contributed by atoms with Gasteiger partial charge >= 0.3 is 0 Å². The Hall–Kier alpha value is -2.59. The van der Waals surface area contributed by atoms with Crippen LogP contribution in [0.2, 0.25) is 0 Å². The van der Waals surface area contributed by atoms with E-state index in [1.54, 1.807) is 6.07 Å². The molecule has 0 atom stereocenters. The lowest BCUT2D eigenvalue weighted by atomic mass is 10.1. The second-order valence-corrected chi connectivity index (χ2v) is 6.80. The Kier molecular flexibility index (Phi) is 6.08. The average Bonchev–Trinajstić information content (AvgIpc) is 2.68. The van der Waals surface area contributed by atoms with Crippen LogP contribution in [0, 0.1) is 0 Å². The molecule has 0 bridgehead atoms. The van der Waals surface area contributed by atoms with Crippen molar-refractivity contribution in [2.45, 2.75) is 20.0 Å². The van der Waals surface area contributed by atoms with Crippen LogP contribution in [-0.2, 0) is 13.0 Å². The summed E-state index contributed by atoms with van der Waals surface area (Å²) < 4.78 is 6.74. The minimum Gasteiger partial charge on any atom is -0.488 e. The Morgan fingerprint density at radius 1 is 1.00 bits per heavy atom. The lowest BCUT2D eigenvalue weighted by Crippen LogP contribution is -2.15. The van der Waals surface area contributed by atoms with Crippen LogP contribution in [0.25, 0.3) is 0 Å². The molecule has 0 aliphatic rings. The number of carbonyl (C=O) groups is 1. The third-order valence-electron chi connectivity index (χ3n) is 4.07. The maximum atomic E-state index is 12.9. The van der Waals surface area contributed by atoms with Crippen LogP contribution in [0.15, 0.2) is 77.3 Å². The predicted molar refractivity (Wildman–Crippen MR) is 109 cm³/mol. The number of benzene rings is 3. The zero-order valence-electron chi connectivity index (χ0n) is 14.5. The van der Waals surface area contributed by atoms with Crippen molar-refractivity contribution in [2.75, 3.05) is 5.32 Å². The summed E-state index contributed by atoms with van der Waals surface area (Å²) in [5.41, 5.74) is 3.48. The number of anilines is 1. The topological polar surface area (TPSA) is 38.3 Å². The molecule has 3 nitrogen and oxygen atoms in total. The summed E-state index contributed by atoms with van der Waals surface area (Å²) in [6, 6.07) is 23.2. The fraction of sp³-hybridized carbons (Fsp3) is 0.136. The molecule has 0 heterocycles. The SMILES string of the molecule is CCc1ccccc1NC(=O)c1cc(Br)ccc1OCc1ccccc1. The fourth-order valence-corrected chi connectivity index (χ4v) is 3.04. The molecule has 0 aliphatic carbocycles. The third kappa shape index (κ3) is 4.52. The number of nitrogens with one attached hydrogen (secondary N) is 1. The highest BCUT2D eigenvalue weighted by molar-refractivity contribution is 9.10. The number of carbonyl (C=O) groups excluding carboxylic acids is 1. The summed E-state index contributed by atoms with van der Waals surface area (Å²) in [6.45, 7) is 2.48. The Morgan fingerprint density at radius 3 is 2.50 bits per heavy atom. The van der Waals surface area contributed by atoms with Gasteiger partial charge in [-0.3, -0.25) is 4.79 Å². The van der Waals surface area contributed by atoms with E-state index in [1.807, 2.05) is 66.7 Å². The molecule has 132 valence electrons. The fourth-order valence-electron chi connectivity index (χ4n) is 2.68. The van der Waals surface area contributed by atoms with Crippen molar-refractivity contribution < 1.29 is 9.53 Å². The molecule has 3 aromatic rings. The van der Waals surface area contributed by atoms with Gasteiger partial charge in [0.1, 0.15) is 12.4 Å². The highest BCUT2D eigenvalue weighted by Gasteiger charge is 2.15. The van der Waals surface area contributed by atoms with Crippen molar-refractivity contribution >= 4 is 27.5 Å². The first kappa shape index (κ1) is 18.2. The minimum absolute atomic E-state index is 0.185. The second kappa shape index (κ2) is 8.68. The van der Waals surface area contributed by atoms with Gasteiger partial charge in [0, 0.05) is 10.2 Å². The number of halogens is 1. The van der Waals surface area contributed by atoms with Crippen LogP contribution < -0.4 is 10.1 Å².